The molecule has 1 N–H and O–H groups in total. The molecule has 0 aliphatic rings. The van der Waals surface area contributed by atoms with Crippen LogP contribution < -0.4 is 5.32 Å². The summed E-state index contributed by atoms with van der Waals surface area (Å²) in [5.74, 6) is -0.182. The Labute approximate surface area is 131 Å². The van der Waals surface area contributed by atoms with Gasteiger partial charge in [-0.25, -0.2) is 4.98 Å². The van der Waals surface area contributed by atoms with Crippen LogP contribution in [-0.4, -0.2) is 15.5 Å². The number of hydrogen-bond acceptors (Lipinski definition) is 3. The number of amides is 1. The molecule has 0 aliphatic heterocycles. The number of benzene rings is 1. The Morgan fingerprint density at radius 3 is 2.76 bits per heavy atom. The third-order valence-corrected chi connectivity index (χ3v) is 4.83. The summed E-state index contributed by atoms with van der Waals surface area (Å²) in [4.78, 5) is 17.9. The summed E-state index contributed by atoms with van der Waals surface area (Å²) >= 11 is 7.65. The number of aromatic nitrogens is 2. The van der Waals surface area contributed by atoms with Crippen molar-refractivity contribution in [2.45, 2.75) is 13.8 Å². The first-order chi connectivity index (χ1) is 9.97. The number of thiazole rings is 1. The highest BCUT2D eigenvalue weighted by Crippen LogP contribution is 2.27. The minimum atomic E-state index is -0.182. The van der Waals surface area contributed by atoms with Gasteiger partial charge in [0.1, 0.15) is 5.69 Å². The van der Waals surface area contributed by atoms with Crippen molar-refractivity contribution in [1.82, 2.24) is 9.55 Å². The lowest BCUT2D eigenvalue weighted by molar-refractivity contribution is 0.101. The van der Waals surface area contributed by atoms with E-state index in [9.17, 15) is 4.79 Å². The molecule has 3 rings (SSSR count). The van der Waals surface area contributed by atoms with Gasteiger partial charge in [-0.1, -0.05) is 17.7 Å². The maximum Gasteiger partial charge on any atom is 0.274 e. The second-order valence-electron chi connectivity index (χ2n) is 4.88. The average molecular weight is 320 g/mol. The maximum atomic E-state index is 12.4. The highest BCUT2D eigenvalue weighted by molar-refractivity contribution is 7.15. The first kappa shape index (κ1) is 14.1. The van der Waals surface area contributed by atoms with Gasteiger partial charge in [0, 0.05) is 27.9 Å². The summed E-state index contributed by atoms with van der Waals surface area (Å²) in [6, 6.07) is 7.44. The van der Waals surface area contributed by atoms with Crippen LogP contribution >= 0.6 is 22.9 Å². The highest BCUT2D eigenvalue weighted by atomic mass is 35.5. The molecule has 0 saturated heterocycles. The predicted octanol–water partition coefficient (Wildman–Crippen LogP) is 4.16. The van der Waals surface area contributed by atoms with Crippen LogP contribution in [0.4, 0.5) is 5.13 Å². The van der Waals surface area contributed by atoms with Gasteiger partial charge in [0.15, 0.2) is 5.13 Å². The molecule has 108 valence electrons. The quantitative estimate of drug-likeness (QED) is 0.771. The first-order valence-corrected chi connectivity index (χ1v) is 7.66. The third-order valence-electron chi connectivity index (χ3n) is 3.52. The molecule has 0 bridgehead atoms. The number of nitrogens with zero attached hydrogens (tertiary/aromatic N) is 2. The van der Waals surface area contributed by atoms with E-state index in [-0.39, 0.29) is 5.91 Å². The van der Waals surface area contributed by atoms with E-state index in [0.29, 0.717) is 15.8 Å². The molecule has 2 aromatic heterocycles. The standard InChI is InChI=1S/C15H14ClN3OS/c1-8-9(2)21-15(17-8)18-14(20)13-7-10-11(16)5-4-6-12(10)19(13)3/h4-7H,1-3H3,(H,17,18,20). The first-order valence-electron chi connectivity index (χ1n) is 6.46. The van der Waals surface area contributed by atoms with Gasteiger partial charge in [-0.2, -0.15) is 0 Å². The SMILES string of the molecule is Cc1nc(NC(=O)c2cc3c(Cl)cccc3n2C)sc1C. The van der Waals surface area contributed by atoms with Crippen LogP contribution in [0.1, 0.15) is 21.1 Å². The van der Waals surface area contributed by atoms with Crippen LogP contribution in [0.5, 0.6) is 0 Å². The van der Waals surface area contributed by atoms with E-state index >= 15 is 0 Å². The Morgan fingerprint density at radius 2 is 2.14 bits per heavy atom. The molecule has 0 atom stereocenters. The zero-order chi connectivity index (χ0) is 15.1. The van der Waals surface area contributed by atoms with E-state index in [1.54, 1.807) is 6.07 Å². The molecular formula is C15H14ClN3OS. The summed E-state index contributed by atoms with van der Waals surface area (Å²) < 4.78 is 1.84. The minimum absolute atomic E-state index is 0.182. The van der Waals surface area contributed by atoms with Gasteiger partial charge >= 0.3 is 0 Å². The molecule has 0 saturated carbocycles. The van der Waals surface area contributed by atoms with Gasteiger partial charge in [0.2, 0.25) is 0 Å². The largest absolute Gasteiger partial charge is 0.340 e. The number of carbonyl (C=O) groups is 1. The number of carbonyl (C=O) groups excluding carboxylic acids is 1. The minimum Gasteiger partial charge on any atom is -0.340 e. The Balaban J connectivity index is 1.98. The predicted molar refractivity (Wildman–Crippen MR) is 87.5 cm³/mol. The number of hydrogen-bond donors (Lipinski definition) is 1. The Bertz CT molecular complexity index is 831. The van der Waals surface area contributed by atoms with Crippen LogP contribution in [0.25, 0.3) is 10.9 Å². The maximum absolute atomic E-state index is 12.4. The topological polar surface area (TPSA) is 46.9 Å². The van der Waals surface area contributed by atoms with E-state index in [4.69, 9.17) is 11.6 Å². The second kappa shape index (κ2) is 5.16. The zero-order valence-electron chi connectivity index (χ0n) is 11.9. The fraction of sp³-hybridized carbons (Fsp3) is 0.200. The fourth-order valence-electron chi connectivity index (χ4n) is 2.23. The summed E-state index contributed by atoms with van der Waals surface area (Å²) in [5.41, 5.74) is 2.43. The fourth-order valence-corrected chi connectivity index (χ4v) is 3.26. The van der Waals surface area contributed by atoms with Gasteiger partial charge in [-0.05, 0) is 32.0 Å². The van der Waals surface area contributed by atoms with Crippen LogP contribution in [0.2, 0.25) is 5.02 Å². The van der Waals surface area contributed by atoms with Crippen molar-refractivity contribution in [2.75, 3.05) is 5.32 Å². The van der Waals surface area contributed by atoms with Gasteiger partial charge in [0.05, 0.1) is 5.69 Å². The summed E-state index contributed by atoms with van der Waals surface area (Å²) in [5, 5.41) is 4.98. The van der Waals surface area contributed by atoms with E-state index in [0.717, 1.165) is 21.5 Å². The normalized spacial score (nSPS) is 11.0. The molecular weight excluding hydrogens is 306 g/mol. The molecule has 0 radical (unpaired) electrons. The molecule has 6 heteroatoms. The Kier molecular flexibility index (Phi) is 3.47. The average Bonchev–Trinajstić information content (AvgIpc) is 2.92. The molecule has 0 spiro atoms. The number of fused-ring (bicyclic) bond motifs is 1. The molecule has 4 nitrogen and oxygen atoms in total. The van der Waals surface area contributed by atoms with E-state index in [1.165, 1.54) is 11.3 Å². The summed E-state index contributed by atoms with van der Waals surface area (Å²) in [7, 11) is 1.85. The number of halogens is 1. The Hall–Kier alpha value is -1.85. The third kappa shape index (κ3) is 2.43. The van der Waals surface area contributed by atoms with Crippen molar-refractivity contribution in [3.8, 4) is 0 Å². The smallest absolute Gasteiger partial charge is 0.274 e. The van der Waals surface area contributed by atoms with E-state index < -0.39 is 0 Å². The Morgan fingerprint density at radius 1 is 1.38 bits per heavy atom. The lowest BCUT2D eigenvalue weighted by Crippen LogP contribution is -2.15. The zero-order valence-corrected chi connectivity index (χ0v) is 13.5. The van der Waals surface area contributed by atoms with Crippen LogP contribution in [0.15, 0.2) is 24.3 Å². The van der Waals surface area contributed by atoms with Crippen LogP contribution in [-0.2, 0) is 7.05 Å². The van der Waals surface area contributed by atoms with Crippen molar-refractivity contribution in [2.24, 2.45) is 7.05 Å². The summed E-state index contributed by atoms with van der Waals surface area (Å²) in [6.45, 7) is 3.91. The van der Waals surface area contributed by atoms with Crippen LogP contribution in [0, 0.1) is 13.8 Å². The van der Waals surface area contributed by atoms with Crippen molar-refractivity contribution in [1.29, 1.82) is 0 Å². The molecule has 21 heavy (non-hydrogen) atoms. The number of anilines is 1. The molecule has 1 aromatic carbocycles. The van der Waals surface area contributed by atoms with Crippen molar-refractivity contribution >= 4 is 44.9 Å². The van der Waals surface area contributed by atoms with Gasteiger partial charge in [0.25, 0.3) is 5.91 Å². The molecule has 3 aromatic rings. The number of nitrogens with one attached hydrogen (secondary N) is 1. The van der Waals surface area contributed by atoms with Crippen molar-refractivity contribution in [3.05, 3.63) is 45.6 Å². The molecule has 2 heterocycles. The van der Waals surface area contributed by atoms with Gasteiger partial charge in [-0.15, -0.1) is 11.3 Å². The van der Waals surface area contributed by atoms with E-state index in [1.807, 2.05) is 43.7 Å². The number of aryl methyl sites for hydroxylation is 3. The molecule has 1 amide bonds. The van der Waals surface area contributed by atoms with E-state index in [2.05, 4.69) is 10.3 Å². The van der Waals surface area contributed by atoms with Crippen molar-refractivity contribution < 1.29 is 4.79 Å². The lowest BCUT2D eigenvalue weighted by Gasteiger charge is -2.03. The molecule has 0 fully saturated rings. The highest BCUT2D eigenvalue weighted by Gasteiger charge is 2.16. The van der Waals surface area contributed by atoms with Crippen molar-refractivity contribution in [3.63, 3.8) is 0 Å². The lowest BCUT2D eigenvalue weighted by atomic mass is 10.2. The number of rotatable bonds is 2. The van der Waals surface area contributed by atoms with Gasteiger partial charge in [-0.3, -0.25) is 10.1 Å². The molecule has 0 unspecified atom stereocenters. The molecule has 0 aliphatic carbocycles. The van der Waals surface area contributed by atoms with Crippen LogP contribution in [0.3, 0.4) is 0 Å². The second-order valence-corrected chi connectivity index (χ2v) is 6.49. The summed E-state index contributed by atoms with van der Waals surface area (Å²) in [6.07, 6.45) is 0. The van der Waals surface area contributed by atoms with Gasteiger partial charge < -0.3 is 4.57 Å². The monoisotopic (exact) mass is 319 g/mol.